The molecule has 3 rings (SSSR count). The molecule has 166 valence electrons. The van der Waals surface area contributed by atoms with Crippen LogP contribution < -0.4 is 9.47 Å². The number of ether oxygens (including phenoxy) is 2. The van der Waals surface area contributed by atoms with Crippen LogP contribution >= 0.6 is 23.2 Å². The zero-order valence-corrected chi connectivity index (χ0v) is 18.4. The molecule has 1 atom stereocenters. The van der Waals surface area contributed by atoms with E-state index in [0.29, 0.717) is 46.3 Å². The molecule has 30 heavy (non-hydrogen) atoms. The van der Waals surface area contributed by atoms with Crippen molar-refractivity contribution in [2.45, 2.75) is 38.1 Å². The average Bonchev–Trinajstić information content (AvgIpc) is 3.38. The number of likely N-dealkylation sites (tertiary alicyclic amines) is 1. The molecule has 0 spiro atoms. The van der Waals surface area contributed by atoms with Crippen LogP contribution in [0.1, 0.15) is 32.1 Å². The number of rotatable bonds is 9. The van der Waals surface area contributed by atoms with Crippen LogP contribution in [0.5, 0.6) is 11.5 Å². The molecule has 0 amide bonds. The zero-order chi connectivity index (χ0) is 22.1. The maximum absolute atomic E-state index is 9.55. The molecule has 7 nitrogen and oxygen atoms in total. The van der Waals surface area contributed by atoms with Crippen molar-refractivity contribution in [3.05, 3.63) is 34.3 Å². The lowest BCUT2D eigenvalue weighted by atomic mass is 10.1. The topological polar surface area (TPSA) is 96.3 Å². The number of carbonyl (C=O) groups is 2. The molecule has 1 unspecified atom stereocenters. The fourth-order valence-electron chi connectivity index (χ4n) is 3.38. The van der Waals surface area contributed by atoms with Crippen molar-refractivity contribution in [3.8, 4) is 11.5 Å². The molecule has 1 saturated heterocycles. The first-order valence-electron chi connectivity index (χ1n) is 9.84. The molecule has 1 aromatic rings. The Morgan fingerprint density at radius 3 is 2.40 bits per heavy atom. The fourth-order valence-corrected chi connectivity index (χ4v) is 3.94. The summed E-state index contributed by atoms with van der Waals surface area (Å²) in [4.78, 5) is 21.7. The molecule has 2 fully saturated rings. The van der Waals surface area contributed by atoms with Gasteiger partial charge in [-0.2, -0.15) is 0 Å². The zero-order valence-electron chi connectivity index (χ0n) is 16.9. The van der Waals surface area contributed by atoms with Gasteiger partial charge in [0.15, 0.2) is 11.5 Å². The summed E-state index contributed by atoms with van der Waals surface area (Å²) < 4.78 is 11.2. The van der Waals surface area contributed by atoms with Crippen LogP contribution in [0.3, 0.4) is 0 Å². The highest BCUT2D eigenvalue weighted by Crippen LogP contribution is 2.38. The minimum Gasteiger partial charge on any atom is -0.491 e. The smallest absolute Gasteiger partial charge is 0.328 e. The van der Waals surface area contributed by atoms with Crippen LogP contribution in [0, 0.1) is 5.92 Å². The third kappa shape index (κ3) is 8.42. The van der Waals surface area contributed by atoms with Gasteiger partial charge >= 0.3 is 11.9 Å². The monoisotopic (exact) mass is 459 g/mol. The first kappa shape index (κ1) is 24.3. The van der Waals surface area contributed by atoms with E-state index in [1.54, 1.807) is 19.2 Å². The summed E-state index contributed by atoms with van der Waals surface area (Å²) in [6.45, 7) is 3.18. The maximum Gasteiger partial charge on any atom is 0.328 e. The molecule has 1 aromatic carbocycles. The predicted octanol–water partition coefficient (Wildman–Crippen LogP) is 4.36. The van der Waals surface area contributed by atoms with Crippen LogP contribution in [0.2, 0.25) is 10.0 Å². The van der Waals surface area contributed by atoms with Crippen molar-refractivity contribution in [1.82, 2.24) is 4.90 Å². The number of nitrogens with zero attached hydrogens (tertiary/aromatic N) is 1. The number of methoxy groups -OCH3 is 1. The Labute approximate surface area is 186 Å². The number of hydrogen-bond acceptors (Lipinski definition) is 5. The second-order valence-corrected chi connectivity index (χ2v) is 8.14. The number of carboxylic acid groups (broad SMARTS) is 2. The molecule has 9 heteroatoms. The minimum absolute atomic E-state index is 0.487. The molecule has 0 bridgehead atoms. The highest BCUT2D eigenvalue weighted by Gasteiger charge is 2.30. The third-order valence-electron chi connectivity index (χ3n) is 4.94. The van der Waals surface area contributed by atoms with Gasteiger partial charge in [0.25, 0.3) is 0 Å². The van der Waals surface area contributed by atoms with Crippen LogP contribution in [0.15, 0.2) is 24.3 Å². The van der Waals surface area contributed by atoms with Gasteiger partial charge in [0, 0.05) is 35.8 Å². The van der Waals surface area contributed by atoms with E-state index >= 15 is 0 Å². The van der Waals surface area contributed by atoms with Crippen molar-refractivity contribution in [1.29, 1.82) is 0 Å². The Bertz CT molecular complexity index is 750. The summed E-state index contributed by atoms with van der Waals surface area (Å²) in [5.74, 6) is -0.368. The van der Waals surface area contributed by atoms with E-state index in [-0.39, 0.29) is 0 Å². The number of halogens is 2. The lowest BCUT2D eigenvalue weighted by Gasteiger charge is -2.24. The van der Waals surface area contributed by atoms with Crippen LogP contribution in [-0.2, 0) is 9.59 Å². The summed E-state index contributed by atoms with van der Waals surface area (Å²) in [6, 6.07) is 4.09. The lowest BCUT2D eigenvalue weighted by molar-refractivity contribution is -0.134. The largest absolute Gasteiger partial charge is 0.491 e. The lowest BCUT2D eigenvalue weighted by Crippen LogP contribution is -2.32. The highest BCUT2D eigenvalue weighted by molar-refractivity contribution is 6.35. The SMILES string of the molecule is COc1c(Cl)cc(Cl)cc1OCCC1CCCN1CC1CC1.O=C(O)/C=C/C(=O)O. The van der Waals surface area contributed by atoms with Gasteiger partial charge in [0.2, 0.25) is 0 Å². The van der Waals surface area contributed by atoms with Crippen LogP contribution in [0.25, 0.3) is 0 Å². The van der Waals surface area contributed by atoms with E-state index in [1.807, 2.05) is 0 Å². The van der Waals surface area contributed by atoms with Gasteiger partial charge < -0.3 is 19.7 Å². The number of hydrogen-bond donors (Lipinski definition) is 2. The minimum atomic E-state index is -1.26. The third-order valence-corrected chi connectivity index (χ3v) is 5.44. The van der Waals surface area contributed by atoms with Crippen molar-refractivity contribution >= 4 is 35.1 Å². The van der Waals surface area contributed by atoms with Crippen LogP contribution in [0.4, 0.5) is 0 Å². The van der Waals surface area contributed by atoms with Gasteiger partial charge in [-0.15, -0.1) is 0 Å². The molecule has 2 aliphatic rings. The second kappa shape index (κ2) is 12.0. The molecule has 1 heterocycles. The molecular formula is C21H27Cl2NO6. The predicted molar refractivity (Wildman–Crippen MR) is 115 cm³/mol. The van der Waals surface area contributed by atoms with Gasteiger partial charge in [-0.05, 0) is 50.6 Å². The van der Waals surface area contributed by atoms with Crippen molar-refractivity contribution in [3.63, 3.8) is 0 Å². The number of benzene rings is 1. The molecule has 0 radical (unpaired) electrons. The van der Waals surface area contributed by atoms with Crippen molar-refractivity contribution in [2.24, 2.45) is 5.92 Å². The molecule has 0 aromatic heterocycles. The highest BCUT2D eigenvalue weighted by atomic mass is 35.5. The summed E-state index contributed by atoms with van der Waals surface area (Å²) >= 11 is 12.2. The standard InChI is InChI=1S/C17H23Cl2NO2.C4H4O4/c1-21-17-15(19)9-13(18)10-16(17)22-8-6-14-3-2-7-20(14)11-12-4-5-12;5-3(6)1-2-4(7)8/h9-10,12,14H,2-8,11H2,1H3;1-2H,(H,5,6)(H,7,8)/b;2-1+. The van der Waals surface area contributed by atoms with E-state index < -0.39 is 11.9 Å². The molecular weight excluding hydrogens is 433 g/mol. The maximum atomic E-state index is 9.55. The second-order valence-electron chi connectivity index (χ2n) is 7.30. The first-order chi connectivity index (χ1) is 14.3. The molecule has 1 aliphatic carbocycles. The molecule has 1 aliphatic heterocycles. The Morgan fingerprint density at radius 1 is 1.17 bits per heavy atom. The quantitative estimate of drug-likeness (QED) is 0.529. The Kier molecular flexibility index (Phi) is 9.75. The Hall–Kier alpha value is -1.96. The summed E-state index contributed by atoms with van der Waals surface area (Å²) in [5, 5.41) is 16.7. The summed E-state index contributed by atoms with van der Waals surface area (Å²) in [6.07, 6.45) is 7.58. The van der Waals surface area contributed by atoms with E-state index in [0.717, 1.165) is 12.3 Å². The van der Waals surface area contributed by atoms with Gasteiger partial charge in [-0.25, -0.2) is 9.59 Å². The Morgan fingerprint density at radius 2 is 1.83 bits per heavy atom. The van der Waals surface area contributed by atoms with E-state index in [9.17, 15) is 9.59 Å². The molecule has 1 saturated carbocycles. The molecule has 2 N–H and O–H groups in total. The number of carboxylic acids is 2. The summed E-state index contributed by atoms with van der Waals surface area (Å²) in [7, 11) is 1.59. The van der Waals surface area contributed by atoms with Crippen molar-refractivity contribution in [2.75, 3.05) is 26.8 Å². The van der Waals surface area contributed by atoms with Gasteiger partial charge in [0.05, 0.1) is 18.7 Å². The Balaban J connectivity index is 0.000000343. The van der Waals surface area contributed by atoms with Crippen LogP contribution in [-0.4, -0.2) is 59.9 Å². The average molecular weight is 460 g/mol. The van der Waals surface area contributed by atoms with Crippen molar-refractivity contribution < 1.29 is 29.3 Å². The normalized spacial score (nSPS) is 18.7. The fraction of sp³-hybridized carbons (Fsp3) is 0.524. The van der Waals surface area contributed by atoms with Gasteiger partial charge in [-0.3, -0.25) is 4.90 Å². The first-order valence-corrected chi connectivity index (χ1v) is 10.6. The summed E-state index contributed by atoms with van der Waals surface area (Å²) in [5.41, 5.74) is 0. The van der Waals surface area contributed by atoms with Gasteiger partial charge in [0.1, 0.15) is 0 Å². The van der Waals surface area contributed by atoms with E-state index in [4.69, 9.17) is 42.9 Å². The number of aliphatic carboxylic acids is 2. The van der Waals surface area contributed by atoms with Gasteiger partial charge in [-0.1, -0.05) is 23.2 Å². The van der Waals surface area contributed by atoms with E-state index in [2.05, 4.69) is 4.90 Å². The van der Waals surface area contributed by atoms with E-state index in [1.165, 1.54) is 38.8 Å².